The van der Waals surface area contributed by atoms with Crippen molar-refractivity contribution in [3.05, 3.63) is 59.9 Å². The lowest BCUT2D eigenvalue weighted by Gasteiger charge is -2.18. The third-order valence-electron chi connectivity index (χ3n) is 5.04. The Hall–Kier alpha value is -2.82. The van der Waals surface area contributed by atoms with Crippen LogP contribution < -0.4 is 10.1 Å². The van der Waals surface area contributed by atoms with Gasteiger partial charge in [-0.2, -0.15) is 0 Å². The van der Waals surface area contributed by atoms with Gasteiger partial charge < -0.3 is 14.6 Å². The van der Waals surface area contributed by atoms with Crippen LogP contribution in [0.3, 0.4) is 0 Å². The second-order valence-corrected chi connectivity index (χ2v) is 7.69. The van der Waals surface area contributed by atoms with Crippen LogP contribution in [0.25, 0.3) is 11.0 Å². The number of amides is 1. The lowest BCUT2D eigenvalue weighted by atomic mass is 10.0. The van der Waals surface area contributed by atoms with Gasteiger partial charge in [-0.25, -0.2) is 4.98 Å². The standard InChI is InChI=1S/C24H31N3O2/c1-5-10-23(28)25-18(4)24-26-20-12-7-8-13-21(20)27(24)15-16-29-22-14-9-6-11-19(22)17(2)3/h6-9,11-14,17-18H,5,10,15-16H2,1-4H3,(H,25,28). The Labute approximate surface area is 173 Å². The van der Waals surface area contributed by atoms with Crippen LogP contribution in [-0.2, 0) is 11.3 Å². The maximum Gasteiger partial charge on any atom is 0.220 e. The lowest BCUT2D eigenvalue weighted by Crippen LogP contribution is -2.28. The van der Waals surface area contributed by atoms with E-state index in [2.05, 4.69) is 35.9 Å². The first kappa shape index (κ1) is 20.9. The first-order chi connectivity index (χ1) is 14.0. The number of nitrogens with one attached hydrogen (secondary N) is 1. The number of rotatable bonds is 9. The third-order valence-corrected chi connectivity index (χ3v) is 5.04. The fourth-order valence-corrected chi connectivity index (χ4v) is 3.60. The van der Waals surface area contributed by atoms with Crippen LogP contribution in [0.5, 0.6) is 5.75 Å². The molecule has 0 saturated carbocycles. The number of hydrogen-bond donors (Lipinski definition) is 1. The number of carbonyl (C=O) groups excluding carboxylic acids is 1. The summed E-state index contributed by atoms with van der Waals surface area (Å²) >= 11 is 0. The van der Waals surface area contributed by atoms with Crippen molar-refractivity contribution in [2.75, 3.05) is 6.61 Å². The molecule has 0 radical (unpaired) electrons. The Kier molecular flexibility index (Phi) is 6.91. The van der Waals surface area contributed by atoms with E-state index >= 15 is 0 Å². The van der Waals surface area contributed by atoms with Gasteiger partial charge in [-0.05, 0) is 43.0 Å². The van der Waals surface area contributed by atoms with Crippen molar-refractivity contribution in [2.24, 2.45) is 0 Å². The van der Waals surface area contributed by atoms with Crippen LogP contribution in [0.1, 0.15) is 63.9 Å². The zero-order valence-corrected chi connectivity index (χ0v) is 17.8. The minimum atomic E-state index is -0.163. The number of hydrogen-bond acceptors (Lipinski definition) is 3. The van der Waals surface area contributed by atoms with Crippen molar-refractivity contribution in [1.29, 1.82) is 0 Å². The minimum absolute atomic E-state index is 0.0562. The van der Waals surface area contributed by atoms with Crippen molar-refractivity contribution in [3.8, 4) is 5.75 Å². The third kappa shape index (κ3) is 4.97. The molecule has 0 aliphatic rings. The Morgan fingerprint density at radius 3 is 2.59 bits per heavy atom. The molecule has 2 aromatic carbocycles. The summed E-state index contributed by atoms with van der Waals surface area (Å²) in [6.07, 6.45) is 1.36. The first-order valence-electron chi connectivity index (χ1n) is 10.5. The maximum atomic E-state index is 12.1. The Balaban J connectivity index is 1.80. The average Bonchev–Trinajstić information content (AvgIpc) is 3.07. The summed E-state index contributed by atoms with van der Waals surface area (Å²) in [4.78, 5) is 16.9. The van der Waals surface area contributed by atoms with Gasteiger partial charge in [-0.15, -0.1) is 0 Å². The normalized spacial score (nSPS) is 12.3. The topological polar surface area (TPSA) is 56.2 Å². The molecule has 0 fully saturated rings. The van der Waals surface area contributed by atoms with Gasteiger partial charge in [0.15, 0.2) is 0 Å². The van der Waals surface area contributed by atoms with E-state index in [1.54, 1.807) is 0 Å². The summed E-state index contributed by atoms with van der Waals surface area (Å²) < 4.78 is 8.30. The molecule has 1 N–H and O–H groups in total. The molecule has 0 aliphatic carbocycles. The van der Waals surface area contributed by atoms with Gasteiger partial charge in [0.05, 0.1) is 23.6 Å². The molecule has 0 saturated heterocycles. The van der Waals surface area contributed by atoms with E-state index in [1.165, 1.54) is 5.56 Å². The van der Waals surface area contributed by atoms with E-state index in [4.69, 9.17) is 9.72 Å². The van der Waals surface area contributed by atoms with Gasteiger partial charge in [-0.3, -0.25) is 4.79 Å². The predicted molar refractivity (Wildman–Crippen MR) is 117 cm³/mol. The van der Waals surface area contributed by atoms with E-state index in [-0.39, 0.29) is 11.9 Å². The molecule has 1 heterocycles. The van der Waals surface area contributed by atoms with Gasteiger partial charge >= 0.3 is 0 Å². The number of para-hydroxylation sites is 3. The highest BCUT2D eigenvalue weighted by molar-refractivity contribution is 5.78. The number of benzene rings is 2. The van der Waals surface area contributed by atoms with E-state index in [0.29, 0.717) is 25.5 Å². The molecule has 0 spiro atoms. The van der Waals surface area contributed by atoms with Crippen molar-refractivity contribution < 1.29 is 9.53 Å². The number of fused-ring (bicyclic) bond motifs is 1. The SMILES string of the molecule is CCCC(=O)NC(C)c1nc2ccccc2n1CCOc1ccccc1C(C)C. The zero-order chi connectivity index (χ0) is 20.8. The summed E-state index contributed by atoms with van der Waals surface area (Å²) in [6, 6.07) is 16.1. The molecular weight excluding hydrogens is 362 g/mol. The Morgan fingerprint density at radius 1 is 1.10 bits per heavy atom. The van der Waals surface area contributed by atoms with Gasteiger partial charge in [0, 0.05) is 6.42 Å². The summed E-state index contributed by atoms with van der Waals surface area (Å²) in [7, 11) is 0. The molecule has 3 rings (SSSR count). The largest absolute Gasteiger partial charge is 0.491 e. The van der Waals surface area contributed by atoms with Gasteiger partial charge in [0.2, 0.25) is 5.91 Å². The Morgan fingerprint density at radius 2 is 1.83 bits per heavy atom. The van der Waals surface area contributed by atoms with Gasteiger partial charge in [-0.1, -0.05) is 51.1 Å². The molecule has 29 heavy (non-hydrogen) atoms. The molecule has 1 atom stereocenters. The second-order valence-electron chi connectivity index (χ2n) is 7.69. The number of aromatic nitrogens is 2. The van der Waals surface area contributed by atoms with E-state index in [9.17, 15) is 4.79 Å². The molecular formula is C24H31N3O2. The molecule has 0 aliphatic heterocycles. The lowest BCUT2D eigenvalue weighted by molar-refractivity contribution is -0.121. The van der Waals surface area contributed by atoms with Crippen LogP contribution in [0.15, 0.2) is 48.5 Å². The van der Waals surface area contributed by atoms with Crippen LogP contribution in [0.4, 0.5) is 0 Å². The monoisotopic (exact) mass is 393 g/mol. The van der Waals surface area contributed by atoms with Crippen molar-refractivity contribution in [3.63, 3.8) is 0 Å². The molecule has 5 nitrogen and oxygen atoms in total. The van der Waals surface area contributed by atoms with Crippen molar-refractivity contribution in [1.82, 2.24) is 14.9 Å². The fraction of sp³-hybridized carbons (Fsp3) is 0.417. The number of imidazole rings is 1. The molecule has 3 aromatic rings. The molecule has 5 heteroatoms. The van der Waals surface area contributed by atoms with Crippen LogP contribution in [0.2, 0.25) is 0 Å². The first-order valence-corrected chi connectivity index (χ1v) is 10.5. The summed E-state index contributed by atoms with van der Waals surface area (Å²) in [6.45, 7) is 9.53. The van der Waals surface area contributed by atoms with Crippen molar-refractivity contribution in [2.45, 2.75) is 59.0 Å². The second kappa shape index (κ2) is 9.59. The van der Waals surface area contributed by atoms with E-state index in [1.807, 2.05) is 50.2 Å². The predicted octanol–water partition coefficient (Wildman–Crippen LogP) is 5.22. The molecule has 1 aromatic heterocycles. The van der Waals surface area contributed by atoms with Crippen LogP contribution in [-0.4, -0.2) is 22.1 Å². The number of ether oxygens (including phenoxy) is 1. The van der Waals surface area contributed by atoms with Gasteiger partial charge in [0.25, 0.3) is 0 Å². The molecule has 1 unspecified atom stereocenters. The zero-order valence-electron chi connectivity index (χ0n) is 17.8. The fourth-order valence-electron chi connectivity index (χ4n) is 3.60. The summed E-state index contributed by atoms with van der Waals surface area (Å²) in [5, 5.41) is 3.07. The smallest absolute Gasteiger partial charge is 0.220 e. The highest BCUT2D eigenvalue weighted by Gasteiger charge is 2.18. The highest BCUT2D eigenvalue weighted by atomic mass is 16.5. The maximum absolute atomic E-state index is 12.1. The van der Waals surface area contributed by atoms with E-state index < -0.39 is 0 Å². The quantitative estimate of drug-likeness (QED) is 0.542. The van der Waals surface area contributed by atoms with E-state index in [0.717, 1.165) is 29.0 Å². The minimum Gasteiger partial charge on any atom is -0.491 e. The highest BCUT2D eigenvalue weighted by Crippen LogP contribution is 2.26. The van der Waals surface area contributed by atoms with Gasteiger partial charge in [0.1, 0.15) is 18.2 Å². The van der Waals surface area contributed by atoms with Crippen LogP contribution >= 0.6 is 0 Å². The molecule has 154 valence electrons. The summed E-state index contributed by atoms with van der Waals surface area (Å²) in [5.74, 6) is 2.25. The average molecular weight is 394 g/mol. The van der Waals surface area contributed by atoms with Crippen molar-refractivity contribution >= 4 is 16.9 Å². The molecule has 0 bridgehead atoms. The number of carbonyl (C=O) groups is 1. The Bertz CT molecular complexity index is 962. The van der Waals surface area contributed by atoms with Crippen LogP contribution in [0, 0.1) is 0 Å². The number of nitrogens with zero attached hydrogens (tertiary/aromatic N) is 2. The molecule has 1 amide bonds. The summed E-state index contributed by atoms with van der Waals surface area (Å²) in [5.41, 5.74) is 3.20.